The highest BCUT2D eigenvalue weighted by molar-refractivity contribution is 5.96. The van der Waals surface area contributed by atoms with Crippen LogP contribution < -0.4 is 10.1 Å². The summed E-state index contributed by atoms with van der Waals surface area (Å²) in [6.45, 7) is 5.09. The Morgan fingerprint density at radius 2 is 1.81 bits per heavy atom. The molecule has 2 aromatic carbocycles. The Kier molecular flexibility index (Phi) is 7.28. The fourth-order valence-electron chi connectivity index (χ4n) is 3.53. The van der Waals surface area contributed by atoms with Crippen molar-refractivity contribution in [2.24, 2.45) is 0 Å². The minimum absolute atomic E-state index is 0.0694. The summed E-state index contributed by atoms with van der Waals surface area (Å²) in [5, 5.41) is 3.65. The second kappa shape index (κ2) is 10.1. The molecule has 0 spiro atoms. The molecule has 1 aliphatic heterocycles. The second-order valence-electron chi connectivity index (χ2n) is 7.09. The van der Waals surface area contributed by atoms with Crippen molar-refractivity contribution in [2.75, 3.05) is 26.2 Å². The Hall–Kier alpha value is -2.33. The average molecular weight is 367 g/mol. The topological polar surface area (TPSA) is 41.6 Å². The lowest BCUT2D eigenvalue weighted by Crippen LogP contribution is -2.37. The molecule has 0 aliphatic carbocycles. The molecule has 0 aromatic heterocycles. The zero-order valence-electron chi connectivity index (χ0n) is 16.2. The maximum atomic E-state index is 13.0. The molecular formula is C23H30N2O2. The number of rotatable bonds is 3. The molecule has 0 radical (unpaired) electrons. The number of benzene rings is 2. The number of fused-ring (bicyclic) bond motifs is 1. The monoisotopic (exact) mass is 366 g/mol. The Bertz CT molecular complexity index is 717. The molecule has 0 saturated carbocycles. The van der Waals surface area contributed by atoms with Gasteiger partial charge in [0.05, 0.1) is 5.56 Å². The van der Waals surface area contributed by atoms with E-state index in [1.165, 1.54) is 5.56 Å². The molecular weight excluding hydrogens is 336 g/mol. The van der Waals surface area contributed by atoms with Crippen molar-refractivity contribution in [1.82, 2.24) is 10.2 Å². The summed E-state index contributed by atoms with van der Waals surface area (Å²) in [4.78, 5) is 14.9. The first kappa shape index (κ1) is 19.4. The average Bonchev–Trinajstić information content (AvgIpc) is 2.72. The molecule has 2 aromatic rings. The van der Waals surface area contributed by atoms with Gasteiger partial charge in [-0.05, 0) is 50.4 Å². The first-order valence-electron chi connectivity index (χ1n) is 10.1. The maximum Gasteiger partial charge on any atom is 0.257 e. The van der Waals surface area contributed by atoms with E-state index >= 15 is 0 Å². The number of nitrogens with one attached hydrogen (secondary N) is 1. The van der Waals surface area contributed by atoms with Gasteiger partial charge in [0, 0.05) is 19.1 Å². The van der Waals surface area contributed by atoms with Gasteiger partial charge in [-0.15, -0.1) is 0 Å². The van der Waals surface area contributed by atoms with Crippen LogP contribution in [0.4, 0.5) is 0 Å². The lowest BCUT2D eigenvalue weighted by Gasteiger charge is -2.22. The van der Waals surface area contributed by atoms with Gasteiger partial charge < -0.3 is 15.0 Å². The minimum atomic E-state index is 0.0694. The van der Waals surface area contributed by atoms with Crippen molar-refractivity contribution in [3.05, 3.63) is 65.7 Å². The van der Waals surface area contributed by atoms with Crippen LogP contribution in [0, 0.1) is 0 Å². The van der Waals surface area contributed by atoms with E-state index < -0.39 is 0 Å². The van der Waals surface area contributed by atoms with Crippen LogP contribution in [0.25, 0.3) is 0 Å². The van der Waals surface area contributed by atoms with Gasteiger partial charge in [0.15, 0.2) is 0 Å². The van der Waals surface area contributed by atoms with Crippen molar-refractivity contribution in [3.8, 4) is 5.75 Å². The van der Waals surface area contributed by atoms with Crippen molar-refractivity contribution in [3.63, 3.8) is 0 Å². The molecule has 4 nitrogen and oxygen atoms in total. The Morgan fingerprint density at radius 1 is 1.04 bits per heavy atom. The van der Waals surface area contributed by atoms with E-state index in [0.717, 1.165) is 45.3 Å². The van der Waals surface area contributed by atoms with Crippen LogP contribution in [0.5, 0.6) is 5.75 Å². The van der Waals surface area contributed by atoms with Crippen molar-refractivity contribution in [1.29, 1.82) is 0 Å². The Labute approximate surface area is 162 Å². The third-order valence-corrected chi connectivity index (χ3v) is 5.09. The largest absolute Gasteiger partial charge is 0.491 e. The van der Waals surface area contributed by atoms with Gasteiger partial charge in [-0.25, -0.2) is 0 Å². The molecule has 144 valence electrons. The predicted molar refractivity (Wildman–Crippen MR) is 109 cm³/mol. The summed E-state index contributed by atoms with van der Waals surface area (Å²) >= 11 is 0. The lowest BCUT2D eigenvalue weighted by atomic mass is 10.1. The first-order valence-corrected chi connectivity index (χ1v) is 10.1. The Morgan fingerprint density at radius 3 is 2.63 bits per heavy atom. The second-order valence-corrected chi connectivity index (χ2v) is 7.09. The number of ether oxygens (including phenoxy) is 1. The molecule has 1 aliphatic rings. The third-order valence-electron chi connectivity index (χ3n) is 5.09. The van der Waals surface area contributed by atoms with E-state index in [2.05, 4.69) is 29.6 Å². The lowest BCUT2D eigenvalue weighted by molar-refractivity contribution is 0.0757. The molecule has 3 rings (SSSR count). The zero-order valence-corrected chi connectivity index (χ0v) is 16.2. The SMILES string of the molecule is CCN1CCCCCN[C@H](Cc2ccccc2)COc2ccccc2C1=O. The van der Waals surface area contributed by atoms with Crippen LogP contribution in [0.3, 0.4) is 0 Å². The number of carbonyl (C=O) groups is 1. The van der Waals surface area contributed by atoms with E-state index in [4.69, 9.17) is 4.74 Å². The predicted octanol–water partition coefficient (Wildman–Crippen LogP) is 3.91. The van der Waals surface area contributed by atoms with Crippen LogP contribution in [0.1, 0.15) is 42.1 Å². The summed E-state index contributed by atoms with van der Waals surface area (Å²) < 4.78 is 6.14. The highest BCUT2D eigenvalue weighted by Crippen LogP contribution is 2.21. The van der Waals surface area contributed by atoms with Crippen molar-refractivity contribution < 1.29 is 9.53 Å². The number of hydrogen-bond acceptors (Lipinski definition) is 3. The fraction of sp³-hybridized carbons (Fsp3) is 0.435. The van der Waals surface area contributed by atoms with Gasteiger partial charge in [-0.3, -0.25) is 4.79 Å². The van der Waals surface area contributed by atoms with Crippen LogP contribution in [-0.2, 0) is 6.42 Å². The van der Waals surface area contributed by atoms with E-state index in [1.807, 2.05) is 42.2 Å². The maximum absolute atomic E-state index is 13.0. The van der Waals surface area contributed by atoms with Crippen LogP contribution in [0.2, 0.25) is 0 Å². The van der Waals surface area contributed by atoms with Gasteiger partial charge >= 0.3 is 0 Å². The minimum Gasteiger partial charge on any atom is -0.491 e. The van der Waals surface area contributed by atoms with Gasteiger partial charge in [0.25, 0.3) is 5.91 Å². The number of amides is 1. The summed E-state index contributed by atoms with van der Waals surface area (Å²) in [5.41, 5.74) is 1.96. The molecule has 27 heavy (non-hydrogen) atoms. The number of hydrogen-bond donors (Lipinski definition) is 1. The molecule has 0 fully saturated rings. The fourth-order valence-corrected chi connectivity index (χ4v) is 3.53. The number of carbonyl (C=O) groups excluding carboxylic acids is 1. The van der Waals surface area contributed by atoms with Crippen LogP contribution in [0.15, 0.2) is 54.6 Å². The molecule has 0 saturated heterocycles. The van der Waals surface area contributed by atoms with E-state index in [9.17, 15) is 4.79 Å². The molecule has 4 heteroatoms. The molecule has 1 atom stereocenters. The zero-order chi connectivity index (χ0) is 18.9. The highest BCUT2D eigenvalue weighted by atomic mass is 16.5. The van der Waals surface area contributed by atoms with Crippen molar-refractivity contribution in [2.45, 2.75) is 38.6 Å². The van der Waals surface area contributed by atoms with E-state index in [1.54, 1.807) is 0 Å². The van der Waals surface area contributed by atoms with Crippen LogP contribution in [-0.4, -0.2) is 43.1 Å². The highest BCUT2D eigenvalue weighted by Gasteiger charge is 2.20. The van der Waals surface area contributed by atoms with Gasteiger partial charge in [0.2, 0.25) is 0 Å². The van der Waals surface area contributed by atoms with E-state index in [-0.39, 0.29) is 11.9 Å². The van der Waals surface area contributed by atoms with E-state index in [0.29, 0.717) is 17.9 Å². The van der Waals surface area contributed by atoms with Gasteiger partial charge in [-0.2, -0.15) is 0 Å². The number of nitrogens with zero attached hydrogens (tertiary/aromatic N) is 1. The van der Waals surface area contributed by atoms with Gasteiger partial charge in [0.1, 0.15) is 12.4 Å². The molecule has 1 heterocycles. The summed E-state index contributed by atoms with van der Waals surface area (Å²) in [5.74, 6) is 0.750. The standard InChI is InChI=1S/C23H30N2O2/c1-2-25-16-10-4-9-15-24-20(17-19-11-5-3-6-12-19)18-27-22-14-8-7-13-21(22)23(25)26/h3,5-8,11-14,20,24H,2,4,9-10,15-18H2,1H3/t20-/m1/s1. The normalized spacial score (nSPS) is 19.2. The first-order chi connectivity index (χ1) is 13.3. The van der Waals surface area contributed by atoms with Gasteiger partial charge in [-0.1, -0.05) is 48.9 Å². The Balaban J connectivity index is 1.78. The summed E-state index contributed by atoms with van der Waals surface area (Å²) in [7, 11) is 0. The third kappa shape index (κ3) is 5.57. The molecule has 1 amide bonds. The molecule has 0 bridgehead atoms. The summed E-state index contributed by atoms with van der Waals surface area (Å²) in [6, 6.07) is 18.3. The van der Waals surface area contributed by atoms with Crippen molar-refractivity contribution >= 4 is 5.91 Å². The quantitative estimate of drug-likeness (QED) is 0.895. The smallest absolute Gasteiger partial charge is 0.257 e. The molecule has 1 N–H and O–H groups in total. The summed E-state index contributed by atoms with van der Waals surface area (Å²) in [6.07, 6.45) is 4.19. The molecule has 0 unspecified atom stereocenters. The van der Waals surface area contributed by atoms with Crippen LogP contribution >= 0.6 is 0 Å². The number of para-hydroxylation sites is 1.